The van der Waals surface area contributed by atoms with Gasteiger partial charge in [0.2, 0.25) is 0 Å². The van der Waals surface area contributed by atoms with Gasteiger partial charge in [-0.3, -0.25) is 0 Å². The van der Waals surface area contributed by atoms with Crippen LogP contribution in [0.4, 0.5) is 0 Å². The maximum Gasteiger partial charge on any atom is 0.354 e. The molecule has 100 valence electrons. The summed E-state index contributed by atoms with van der Waals surface area (Å²) >= 11 is 0. The molecule has 2 rings (SSSR count). The van der Waals surface area contributed by atoms with Crippen LogP contribution < -0.4 is 5.32 Å². The minimum Gasteiger partial charge on any atom is -0.464 e. The molecule has 0 atom stereocenters. The molecule has 0 bridgehead atoms. The van der Waals surface area contributed by atoms with E-state index in [0.29, 0.717) is 17.8 Å². The Bertz CT molecular complexity index is 397. The van der Waals surface area contributed by atoms with E-state index in [1.165, 1.54) is 7.11 Å². The summed E-state index contributed by atoms with van der Waals surface area (Å²) in [5, 5.41) is 3.43. The number of carbonyl (C=O) groups is 1. The van der Waals surface area contributed by atoms with Gasteiger partial charge in [0.05, 0.1) is 13.2 Å². The summed E-state index contributed by atoms with van der Waals surface area (Å²) < 4.78 is 10.1. The van der Waals surface area contributed by atoms with Crippen molar-refractivity contribution in [3.05, 3.63) is 23.5 Å². The first-order valence-corrected chi connectivity index (χ1v) is 6.34. The van der Waals surface area contributed by atoms with Crippen molar-refractivity contribution in [1.29, 1.82) is 0 Å². The van der Waals surface area contributed by atoms with E-state index in [1.807, 2.05) is 13.0 Å². The van der Waals surface area contributed by atoms with Crippen LogP contribution in [0.2, 0.25) is 0 Å². The van der Waals surface area contributed by atoms with Crippen LogP contribution in [0.5, 0.6) is 0 Å². The lowest BCUT2D eigenvalue weighted by molar-refractivity contribution is -0.0103. The summed E-state index contributed by atoms with van der Waals surface area (Å²) in [7, 11) is 1.38. The normalized spacial score (nSPS) is 22.6. The molecule has 0 aromatic carbocycles. The van der Waals surface area contributed by atoms with Crippen molar-refractivity contribution in [1.82, 2.24) is 10.3 Å². The number of hydrogen-bond acceptors (Lipinski definition) is 4. The highest BCUT2D eigenvalue weighted by Gasteiger charge is 2.28. The zero-order valence-electron chi connectivity index (χ0n) is 10.9. The number of rotatable bonds is 6. The molecule has 0 radical (unpaired) electrons. The van der Waals surface area contributed by atoms with Crippen LogP contribution in [0.3, 0.4) is 0 Å². The second-order valence-electron chi connectivity index (χ2n) is 4.52. The molecule has 0 amide bonds. The van der Waals surface area contributed by atoms with Crippen LogP contribution >= 0.6 is 0 Å². The van der Waals surface area contributed by atoms with Crippen LogP contribution in [0.1, 0.15) is 35.9 Å². The van der Waals surface area contributed by atoms with E-state index in [4.69, 9.17) is 4.74 Å². The quantitative estimate of drug-likeness (QED) is 0.752. The number of hydrogen-bond donors (Lipinski definition) is 2. The smallest absolute Gasteiger partial charge is 0.354 e. The first-order chi connectivity index (χ1) is 8.72. The Kier molecular flexibility index (Phi) is 4.38. The average molecular weight is 252 g/mol. The molecule has 1 fully saturated rings. The summed E-state index contributed by atoms with van der Waals surface area (Å²) in [6, 6.07) is 4.16. The number of H-pyrrole nitrogens is 1. The van der Waals surface area contributed by atoms with Crippen molar-refractivity contribution in [2.45, 2.75) is 38.5 Å². The second-order valence-corrected chi connectivity index (χ2v) is 4.52. The van der Waals surface area contributed by atoms with E-state index < -0.39 is 0 Å². The Morgan fingerprint density at radius 2 is 2.28 bits per heavy atom. The molecule has 0 spiro atoms. The maximum atomic E-state index is 11.3. The van der Waals surface area contributed by atoms with Crippen LogP contribution in [-0.2, 0) is 16.0 Å². The van der Waals surface area contributed by atoms with Crippen molar-refractivity contribution >= 4 is 5.97 Å². The number of nitrogens with one attached hydrogen (secondary N) is 2. The van der Waals surface area contributed by atoms with E-state index in [-0.39, 0.29) is 5.97 Å². The molecular weight excluding hydrogens is 232 g/mol. The molecule has 5 nitrogen and oxygen atoms in total. The molecule has 2 N–H and O–H groups in total. The number of esters is 1. The molecule has 1 saturated carbocycles. The topological polar surface area (TPSA) is 63.4 Å². The predicted molar refractivity (Wildman–Crippen MR) is 67.4 cm³/mol. The van der Waals surface area contributed by atoms with Gasteiger partial charge in [0, 0.05) is 24.9 Å². The number of aromatic nitrogens is 1. The Labute approximate surface area is 107 Å². The molecule has 1 aromatic heterocycles. The second kappa shape index (κ2) is 6.02. The third kappa shape index (κ3) is 3.11. The van der Waals surface area contributed by atoms with Crippen LogP contribution in [0.15, 0.2) is 12.1 Å². The monoisotopic (exact) mass is 252 g/mol. The fourth-order valence-electron chi connectivity index (χ4n) is 2.13. The molecule has 5 heteroatoms. The van der Waals surface area contributed by atoms with Crippen LogP contribution in [0.25, 0.3) is 0 Å². The molecule has 0 saturated heterocycles. The highest BCUT2D eigenvalue weighted by atomic mass is 16.5. The van der Waals surface area contributed by atoms with E-state index in [2.05, 4.69) is 15.0 Å². The largest absolute Gasteiger partial charge is 0.464 e. The molecule has 0 aliphatic heterocycles. The third-order valence-corrected chi connectivity index (χ3v) is 3.23. The Morgan fingerprint density at radius 3 is 2.94 bits per heavy atom. The van der Waals surface area contributed by atoms with E-state index in [9.17, 15) is 4.79 Å². The van der Waals surface area contributed by atoms with Gasteiger partial charge in [0.15, 0.2) is 0 Å². The van der Waals surface area contributed by atoms with E-state index in [0.717, 1.165) is 31.7 Å². The summed E-state index contributed by atoms with van der Waals surface area (Å²) in [6.45, 7) is 3.55. The van der Waals surface area contributed by atoms with Gasteiger partial charge in [-0.05, 0) is 31.9 Å². The van der Waals surface area contributed by atoms with Gasteiger partial charge in [-0.15, -0.1) is 0 Å². The van der Waals surface area contributed by atoms with Gasteiger partial charge in [0.25, 0.3) is 0 Å². The lowest BCUT2D eigenvalue weighted by Crippen LogP contribution is -2.45. The van der Waals surface area contributed by atoms with E-state index >= 15 is 0 Å². The van der Waals surface area contributed by atoms with Gasteiger partial charge in [0.1, 0.15) is 5.69 Å². The summed E-state index contributed by atoms with van der Waals surface area (Å²) in [5.74, 6) is -0.332. The lowest BCUT2D eigenvalue weighted by atomic mass is 9.89. The Balaban J connectivity index is 1.71. The van der Waals surface area contributed by atoms with Crippen molar-refractivity contribution < 1.29 is 14.3 Å². The Morgan fingerprint density at radius 1 is 1.50 bits per heavy atom. The molecule has 1 heterocycles. The van der Waals surface area contributed by atoms with Gasteiger partial charge in [-0.2, -0.15) is 0 Å². The van der Waals surface area contributed by atoms with Crippen LogP contribution in [0, 0.1) is 0 Å². The SMILES string of the molecule is CCOC1CC(NCc2ccc(C(=O)OC)[nH]2)C1. The highest BCUT2D eigenvalue weighted by Crippen LogP contribution is 2.23. The summed E-state index contributed by atoms with van der Waals surface area (Å²) in [5.41, 5.74) is 1.49. The van der Waals surface area contributed by atoms with Gasteiger partial charge < -0.3 is 19.8 Å². The first-order valence-electron chi connectivity index (χ1n) is 6.34. The molecule has 18 heavy (non-hydrogen) atoms. The summed E-state index contributed by atoms with van der Waals surface area (Å²) in [4.78, 5) is 14.3. The Hall–Kier alpha value is -1.33. The number of methoxy groups -OCH3 is 1. The van der Waals surface area contributed by atoms with Crippen molar-refractivity contribution in [3.8, 4) is 0 Å². The lowest BCUT2D eigenvalue weighted by Gasteiger charge is -2.35. The number of ether oxygens (including phenoxy) is 2. The zero-order chi connectivity index (χ0) is 13.0. The molecular formula is C13H20N2O3. The van der Waals surface area contributed by atoms with Crippen molar-refractivity contribution in [3.63, 3.8) is 0 Å². The third-order valence-electron chi connectivity index (χ3n) is 3.23. The zero-order valence-corrected chi connectivity index (χ0v) is 10.9. The highest BCUT2D eigenvalue weighted by molar-refractivity contribution is 5.87. The fourth-order valence-corrected chi connectivity index (χ4v) is 2.13. The standard InChI is InChI=1S/C13H20N2O3/c1-3-18-11-6-10(7-11)14-8-9-4-5-12(15-9)13(16)17-2/h4-5,10-11,14-15H,3,6-8H2,1-2H3. The average Bonchev–Trinajstić information content (AvgIpc) is 2.79. The molecule has 0 unspecified atom stereocenters. The summed E-state index contributed by atoms with van der Waals surface area (Å²) in [6.07, 6.45) is 2.55. The predicted octanol–water partition coefficient (Wildman–Crippen LogP) is 1.46. The van der Waals surface area contributed by atoms with Crippen LogP contribution in [-0.4, -0.2) is 36.8 Å². The van der Waals surface area contributed by atoms with Crippen molar-refractivity contribution in [2.24, 2.45) is 0 Å². The van der Waals surface area contributed by atoms with E-state index in [1.54, 1.807) is 6.07 Å². The van der Waals surface area contributed by atoms with Gasteiger partial charge in [-0.1, -0.05) is 0 Å². The molecule has 1 aliphatic carbocycles. The minimum absolute atomic E-state index is 0.332. The molecule has 1 aromatic rings. The maximum absolute atomic E-state index is 11.3. The van der Waals surface area contributed by atoms with Gasteiger partial charge in [-0.25, -0.2) is 4.79 Å². The fraction of sp³-hybridized carbons (Fsp3) is 0.615. The first kappa shape index (κ1) is 13.1. The number of carbonyl (C=O) groups excluding carboxylic acids is 1. The van der Waals surface area contributed by atoms with Gasteiger partial charge >= 0.3 is 5.97 Å². The molecule has 1 aliphatic rings. The number of aromatic amines is 1. The minimum atomic E-state index is -0.332. The van der Waals surface area contributed by atoms with Crippen molar-refractivity contribution in [2.75, 3.05) is 13.7 Å².